The van der Waals surface area contributed by atoms with Crippen molar-refractivity contribution in [3.05, 3.63) is 59.9 Å². The molecular weight excluding hydrogens is 250 g/mol. The zero-order valence-corrected chi connectivity index (χ0v) is 11.6. The molecule has 0 aliphatic heterocycles. The monoisotopic (exact) mass is 267 g/mol. The summed E-state index contributed by atoms with van der Waals surface area (Å²) in [7, 11) is 3.51. The van der Waals surface area contributed by atoms with E-state index in [1.54, 1.807) is 18.0 Å². The molecule has 3 rings (SSSR count). The van der Waals surface area contributed by atoms with E-state index in [1.165, 1.54) is 10.8 Å². The van der Waals surface area contributed by atoms with Gasteiger partial charge in [0.05, 0.1) is 19.3 Å². The lowest BCUT2D eigenvalue weighted by Gasteiger charge is -2.15. The molecule has 0 aliphatic rings. The molecule has 0 amide bonds. The van der Waals surface area contributed by atoms with Crippen LogP contribution in [0.3, 0.4) is 0 Å². The summed E-state index contributed by atoms with van der Waals surface area (Å²) in [5.41, 5.74) is 8.31. The number of hydrogen-bond donors (Lipinski definition) is 1. The number of fused-ring (bicyclic) bond motifs is 1. The fourth-order valence-corrected chi connectivity index (χ4v) is 2.50. The minimum atomic E-state index is -0.262. The average Bonchev–Trinajstić information content (AvgIpc) is 2.87. The van der Waals surface area contributed by atoms with Crippen LogP contribution in [0.5, 0.6) is 5.75 Å². The highest BCUT2D eigenvalue weighted by atomic mass is 16.5. The smallest absolute Gasteiger partial charge is 0.161 e. The van der Waals surface area contributed by atoms with Crippen molar-refractivity contribution in [1.29, 1.82) is 0 Å². The maximum atomic E-state index is 6.39. The molecule has 0 bridgehead atoms. The van der Waals surface area contributed by atoms with Gasteiger partial charge in [-0.05, 0) is 22.4 Å². The van der Waals surface area contributed by atoms with E-state index in [2.05, 4.69) is 35.4 Å². The first-order valence-electron chi connectivity index (χ1n) is 6.51. The molecule has 2 N–H and O–H groups in total. The summed E-state index contributed by atoms with van der Waals surface area (Å²) in [6.07, 6.45) is 1.69. The van der Waals surface area contributed by atoms with Crippen LogP contribution in [-0.4, -0.2) is 16.9 Å². The summed E-state index contributed by atoms with van der Waals surface area (Å²) in [5.74, 6) is 0.716. The maximum absolute atomic E-state index is 6.39. The molecule has 1 unspecified atom stereocenters. The zero-order chi connectivity index (χ0) is 14.1. The Kier molecular flexibility index (Phi) is 3.16. The Hall–Kier alpha value is -2.33. The van der Waals surface area contributed by atoms with Crippen molar-refractivity contribution >= 4 is 10.8 Å². The lowest BCUT2D eigenvalue weighted by Crippen LogP contribution is -2.16. The van der Waals surface area contributed by atoms with Crippen molar-refractivity contribution < 1.29 is 4.74 Å². The standard InChI is InChI=1S/C16H17N3O/c1-19-16(14(20-2)10-18-19)15(17)13-8-7-11-5-3-4-6-12(11)9-13/h3-10,15H,17H2,1-2H3. The predicted molar refractivity (Wildman–Crippen MR) is 79.7 cm³/mol. The third kappa shape index (κ3) is 2.04. The highest BCUT2D eigenvalue weighted by molar-refractivity contribution is 5.83. The van der Waals surface area contributed by atoms with Crippen LogP contribution in [0, 0.1) is 0 Å². The minimum Gasteiger partial charge on any atom is -0.493 e. The van der Waals surface area contributed by atoms with Crippen molar-refractivity contribution in [3.63, 3.8) is 0 Å². The number of methoxy groups -OCH3 is 1. The summed E-state index contributed by atoms with van der Waals surface area (Å²) >= 11 is 0. The summed E-state index contributed by atoms with van der Waals surface area (Å²) in [4.78, 5) is 0. The van der Waals surface area contributed by atoms with Gasteiger partial charge in [-0.15, -0.1) is 0 Å². The average molecular weight is 267 g/mol. The van der Waals surface area contributed by atoms with Gasteiger partial charge in [0.25, 0.3) is 0 Å². The van der Waals surface area contributed by atoms with Crippen molar-refractivity contribution in [2.24, 2.45) is 12.8 Å². The molecule has 4 heteroatoms. The quantitative estimate of drug-likeness (QED) is 0.793. The van der Waals surface area contributed by atoms with E-state index in [0.29, 0.717) is 5.75 Å². The van der Waals surface area contributed by atoms with Crippen LogP contribution in [0.1, 0.15) is 17.3 Å². The summed E-state index contributed by atoms with van der Waals surface area (Å²) < 4.78 is 7.10. The molecule has 1 heterocycles. The second kappa shape index (κ2) is 4.98. The highest BCUT2D eigenvalue weighted by Gasteiger charge is 2.18. The van der Waals surface area contributed by atoms with Crippen LogP contribution in [0.4, 0.5) is 0 Å². The number of hydrogen-bond acceptors (Lipinski definition) is 3. The van der Waals surface area contributed by atoms with Crippen molar-refractivity contribution in [2.45, 2.75) is 6.04 Å². The molecule has 2 aromatic carbocycles. The van der Waals surface area contributed by atoms with Gasteiger partial charge < -0.3 is 10.5 Å². The molecule has 1 aromatic heterocycles. The first-order valence-corrected chi connectivity index (χ1v) is 6.51. The highest BCUT2D eigenvalue weighted by Crippen LogP contribution is 2.29. The van der Waals surface area contributed by atoms with Crippen molar-refractivity contribution in [2.75, 3.05) is 7.11 Å². The number of rotatable bonds is 3. The Morgan fingerprint density at radius 2 is 1.90 bits per heavy atom. The van der Waals surface area contributed by atoms with E-state index in [0.717, 1.165) is 11.3 Å². The lowest BCUT2D eigenvalue weighted by molar-refractivity contribution is 0.406. The molecule has 20 heavy (non-hydrogen) atoms. The van der Waals surface area contributed by atoms with Crippen LogP contribution < -0.4 is 10.5 Å². The topological polar surface area (TPSA) is 53.1 Å². The van der Waals surface area contributed by atoms with Crippen LogP contribution in [-0.2, 0) is 7.05 Å². The van der Waals surface area contributed by atoms with E-state index in [-0.39, 0.29) is 6.04 Å². The van der Waals surface area contributed by atoms with E-state index < -0.39 is 0 Å². The fourth-order valence-electron chi connectivity index (χ4n) is 2.50. The van der Waals surface area contributed by atoms with Gasteiger partial charge in [0.2, 0.25) is 0 Å². The van der Waals surface area contributed by atoms with Crippen LogP contribution >= 0.6 is 0 Å². The van der Waals surface area contributed by atoms with Gasteiger partial charge in [0.15, 0.2) is 5.75 Å². The molecule has 0 radical (unpaired) electrons. The molecule has 0 aliphatic carbocycles. The Morgan fingerprint density at radius 3 is 2.65 bits per heavy atom. The molecule has 0 spiro atoms. The second-order valence-electron chi connectivity index (χ2n) is 4.81. The molecular formula is C16H17N3O. The largest absolute Gasteiger partial charge is 0.493 e. The van der Waals surface area contributed by atoms with Crippen LogP contribution in [0.2, 0.25) is 0 Å². The molecule has 4 nitrogen and oxygen atoms in total. The van der Waals surface area contributed by atoms with Gasteiger partial charge in [-0.3, -0.25) is 4.68 Å². The summed E-state index contributed by atoms with van der Waals surface area (Å²) in [5, 5.41) is 6.60. The first kappa shape index (κ1) is 12.7. The molecule has 0 saturated heterocycles. The van der Waals surface area contributed by atoms with Crippen molar-refractivity contribution in [1.82, 2.24) is 9.78 Å². The Morgan fingerprint density at radius 1 is 1.15 bits per heavy atom. The van der Waals surface area contributed by atoms with Gasteiger partial charge in [0.1, 0.15) is 5.69 Å². The zero-order valence-electron chi connectivity index (χ0n) is 11.6. The third-order valence-electron chi connectivity index (χ3n) is 3.60. The lowest BCUT2D eigenvalue weighted by atomic mass is 10.00. The van der Waals surface area contributed by atoms with E-state index >= 15 is 0 Å². The molecule has 102 valence electrons. The minimum absolute atomic E-state index is 0.262. The molecule has 1 atom stereocenters. The van der Waals surface area contributed by atoms with Crippen LogP contribution in [0.15, 0.2) is 48.7 Å². The normalized spacial score (nSPS) is 12.6. The number of benzene rings is 2. The molecule has 0 saturated carbocycles. The number of aromatic nitrogens is 2. The number of nitrogens with zero attached hydrogens (tertiary/aromatic N) is 2. The third-order valence-corrected chi connectivity index (χ3v) is 3.60. The van der Waals surface area contributed by atoms with Crippen LogP contribution in [0.25, 0.3) is 10.8 Å². The Balaban J connectivity index is 2.07. The maximum Gasteiger partial charge on any atom is 0.161 e. The Labute approximate surface area is 117 Å². The van der Waals surface area contributed by atoms with Gasteiger partial charge in [-0.1, -0.05) is 36.4 Å². The van der Waals surface area contributed by atoms with E-state index in [1.807, 2.05) is 19.2 Å². The van der Waals surface area contributed by atoms with Gasteiger partial charge >= 0.3 is 0 Å². The van der Waals surface area contributed by atoms with E-state index in [9.17, 15) is 0 Å². The Bertz CT molecular complexity index is 748. The fraction of sp³-hybridized carbons (Fsp3) is 0.188. The van der Waals surface area contributed by atoms with E-state index in [4.69, 9.17) is 10.5 Å². The van der Waals surface area contributed by atoms with Gasteiger partial charge in [-0.25, -0.2) is 0 Å². The predicted octanol–water partition coefficient (Wildman–Crippen LogP) is 2.63. The van der Waals surface area contributed by atoms with Crippen molar-refractivity contribution in [3.8, 4) is 5.75 Å². The summed E-state index contributed by atoms with van der Waals surface area (Å²) in [6, 6.07) is 14.2. The van der Waals surface area contributed by atoms with Gasteiger partial charge in [0, 0.05) is 7.05 Å². The number of nitrogens with two attached hydrogens (primary N) is 1. The second-order valence-corrected chi connectivity index (χ2v) is 4.81. The molecule has 3 aromatic rings. The number of aryl methyl sites for hydroxylation is 1. The number of ether oxygens (including phenoxy) is 1. The summed E-state index contributed by atoms with van der Waals surface area (Å²) in [6.45, 7) is 0. The first-order chi connectivity index (χ1) is 9.70. The van der Waals surface area contributed by atoms with Gasteiger partial charge in [-0.2, -0.15) is 5.10 Å². The SMILES string of the molecule is COc1cnn(C)c1C(N)c1ccc2ccccc2c1. The molecule has 0 fully saturated rings.